The van der Waals surface area contributed by atoms with Crippen LogP contribution in [-0.2, 0) is 11.0 Å². The maximum Gasteiger partial charge on any atom is 0.573 e. The lowest BCUT2D eigenvalue weighted by atomic mass is 10.1. The molecule has 0 saturated carbocycles. The summed E-state index contributed by atoms with van der Waals surface area (Å²) in [5, 5.41) is 9.78. The normalized spacial score (nSPS) is 17.6. The van der Waals surface area contributed by atoms with Gasteiger partial charge in [0, 0.05) is 5.69 Å². The van der Waals surface area contributed by atoms with E-state index in [1.54, 1.807) is 0 Å². The van der Waals surface area contributed by atoms with E-state index in [-0.39, 0.29) is 11.3 Å². The van der Waals surface area contributed by atoms with E-state index in [1.165, 1.54) is 12.1 Å². The lowest BCUT2D eigenvalue weighted by Gasteiger charge is -2.25. The minimum absolute atomic E-state index is 0.0328. The van der Waals surface area contributed by atoms with Crippen LogP contribution in [0.4, 0.5) is 32.0 Å². The summed E-state index contributed by atoms with van der Waals surface area (Å²) >= 11 is 0. The van der Waals surface area contributed by atoms with E-state index in [2.05, 4.69) is 4.74 Å². The molecule has 1 heterocycles. The summed E-state index contributed by atoms with van der Waals surface area (Å²) < 4.78 is 79.3. The molecule has 28 heavy (non-hydrogen) atoms. The van der Waals surface area contributed by atoms with Gasteiger partial charge in [0.25, 0.3) is 5.91 Å². The summed E-state index contributed by atoms with van der Waals surface area (Å²) in [6.07, 6.45) is -8.40. The third-order valence-corrected chi connectivity index (χ3v) is 3.94. The lowest BCUT2D eigenvalue weighted by Crippen LogP contribution is -2.29. The van der Waals surface area contributed by atoms with Crippen LogP contribution in [0.25, 0.3) is 0 Å². The molecule has 1 aliphatic rings. The highest BCUT2D eigenvalue weighted by molar-refractivity contribution is 6.07. The Balaban J connectivity index is 1.96. The van der Waals surface area contributed by atoms with Crippen LogP contribution < -0.4 is 9.64 Å². The zero-order chi connectivity index (χ0) is 20.7. The Morgan fingerprint density at radius 1 is 0.964 bits per heavy atom. The van der Waals surface area contributed by atoms with Gasteiger partial charge in [-0.3, -0.25) is 9.69 Å². The Morgan fingerprint density at radius 3 is 2.18 bits per heavy atom. The molecular weight excluding hydrogens is 392 g/mol. The van der Waals surface area contributed by atoms with Gasteiger partial charge in [0.15, 0.2) is 5.76 Å². The predicted molar refractivity (Wildman–Crippen MR) is 85.5 cm³/mol. The van der Waals surface area contributed by atoms with Gasteiger partial charge in [-0.15, -0.1) is 13.2 Å². The molecule has 0 aromatic heterocycles. The van der Waals surface area contributed by atoms with E-state index in [1.807, 2.05) is 0 Å². The number of hydrogen-bond donors (Lipinski definition) is 1. The number of anilines is 1. The molecule has 2 aromatic rings. The number of carbonyl (C=O) groups is 1. The number of aliphatic hydroxyl groups excluding tert-OH is 1. The van der Waals surface area contributed by atoms with Gasteiger partial charge in [0.1, 0.15) is 5.75 Å². The molecule has 10 heteroatoms. The first-order valence-corrected chi connectivity index (χ1v) is 7.73. The first kappa shape index (κ1) is 19.6. The Hall–Kier alpha value is -3.17. The SMILES string of the molecule is O=C1C(O)=C[C@H](c2cccc(OC(F)(F)F)c2)N1c1ccc(C(F)(F)F)cc1. The molecule has 0 bridgehead atoms. The van der Waals surface area contributed by atoms with Crippen molar-refractivity contribution in [1.82, 2.24) is 0 Å². The van der Waals surface area contributed by atoms with Crippen molar-refractivity contribution >= 4 is 11.6 Å². The van der Waals surface area contributed by atoms with E-state index in [9.17, 15) is 36.2 Å². The molecular formula is C18H11F6NO3. The molecule has 1 N–H and O–H groups in total. The smallest absolute Gasteiger partial charge is 0.503 e. The van der Waals surface area contributed by atoms with Gasteiger partial charge in [-0.25, -0.2) is 0 Å². The van der Waals surface area contributed by atoms with Crippen LogP contribution in [0.1, 0.15) is 17.2 Å². The Bertz CT molecular complexity index is 918. The second-order valence-electron chi connectivity index (χ2n) is 5.84. The average molecular weight is 403 g/mol. The second kappa shape index (κ2) is 6.77. The van der Waals surface area contributed by atoms with Gasteiger partial charge >= 0.3 is 12.5 Å². The molecule has 0 saturated heterocycles. The van der Waals surface area contributed by atoms with Crippen molar-refractivity contribution in [3.05, 3.63) is 71.5 Å². The number of aliphatic hydroxyl groups is 1. The highest BCUT2D eigenvalue weighted by Gasteiger charge is 2.37. The molecule has 1 aliphatic heterocycles. The predicted octanol–water partition coefficient (Wildman–Crippen LogP) is 5.13. The average Bonchev–Trinajstić information content (AvgIpc) is 2.88. The first-order chi connectivity index (χ1) is 13.0. The third-order valence-electron chi connectivity index (χ3n) is 3.94. The second-order valence-corrected chi connectivity index (χ2v) is 5.84. The van der Waals surface area contributed by atoms with Gasteiger partial charge in [0.05, 0.1) is 11.6 Å². The first-order valence-electron chi connectivity index (χ1n) is 7.73. The molecule has 0 aliphatic carbocycles. The molecule has 3 rings (SSSR count). The molecule has 4 nitrogen and oxygen atoms in total. The molecule has 0 unspecified atom stereocenters. The molecule has 1 amide bonds. The van der Waals surface area contributed by atoms with E-state index < -0.39 is 41.6 Å². The fraction of sp³-hybridized carbons (Fsp3) is 0.167. The number of nitrogens with zero attached hydrogens (tertiary/aromatic N) is 1. The number of ether oxygens (including phenoxy) is 1. The van der Waals surface area contributed by atoms with Crippen molar-refractivity contribution < 1.29 is 41.0 Å². The van der Waals surface area contributed by atoms with Crippen LogP contribution >= 0.6 is 0 Å². The van der Waals surface area contributed by atoms with Crippen molar-refractivity contribution in [2.24, 2.45) is 0 Å². The number of rotatable bonds is 3. The molecule has 2 aromatic carbocycles. The van der Waals surface area contributed by atoms with Gasteiger partial charge < -0.3 is 9.84 Å². The summed E-state index contributed by atoms with van der Waals surface area (Å²) in [7, 11) is 0. The van der Waals surface area contributed by atoms with Gasteiger partial charge in [0.2, 0.25) is 0 Å². The Labute approximate surface area is 154 Å². The van der Waals surface area contributed by atoms with Crippen molar-refractivity contribution in [2.75, 3.05) is 4.90 Å². The zero-order valence-corrected chi connectivity index (χ0v) is 13.8. The van der Waals surface area contributed by atoms with Gasteiger partial charge in [-0.2, -0.15) is 13.2 Å². The standard InChI is InChI=1S/C18H11F6NO3/c19-17(20,21)11-4-6-12(7-5-11)25-14(9-15(26)16(25)27)10-2-1-3-13(8-10)28-18(22,23)24/h1-9,14,26H/t14-/m1/s1. The summed E-state index contributed by atoms with van der Waals surface area (Å²) in [4.78, 5) is 13.2. The quantitative estimate of drug-likeness (QED) is 0.723. The molecule has 1 atom stereocenters. The molecule has 0 fully saturated rings. The van der Waals surface area contributed by atoms with Crippen LogP contribution in [0, 0.1) is 0 Å². The summed E-state index contributed by atoms with van der Waals surface area (Å²) in [6, 6.07) is 7.31. The molecule has 0 radical (unpaired) electrons. The van der Waals surface area contributed by atoms with Crippen molar-refractivity contribution in [1.29, 1.82) is 0 Å². The van der Waals surface area contributed by atoms with E-state index in [0.717, 1.165) is 47.4 Å². The maximum atomic E-state index is 12.7. The maximum absolute atomic E-state index is 12.7. The number of amides is 1. The van der Waals surface area contributed by atoms with Crippen molar-refractivity contribution in [3.8, 4) is 5.75 Å². The topological polar surface area (TPSA) is 49.8 Å². The zero-order valence-electron chi connectivity index (χ0n) is 13.8. The van der Waals surface area contributed by atoms with Crippen LogP contribution in [0.3, 0.4) is 0 Å². The fourth-order valence-corrected chi connectivity index (χ4v) is 2.77. The molecule has 0 spiro atoms. The lowest BCUT2D eigenvalue weighted by molar-refractivity contribution is -0.274. The van der Waals surface area contributed by atoms with Crippen molar-refractivity contribution in [2.45, 2.75) is 18.6 Å². The van der Waals surface area contributed by atoms with E-state index >= 15 is 0 Å². The summed E-state index contributed by atoms with van der Waals surface area (Å²) in [6.45, 7) is 0. The largest absolute Gasteiger partial charge is 0.573 e. The highest BCUT2D eigenvalue weighted by Crippen LogP contribution is 2.38. The highest BCUT2D eigenvalue weighted by atomic mass is 19.4. The van der Waals surface area contributed by atoms with Crippen LogP contribution in [0.5, 0.6) is 5.75 Å². The number of benzene rings is 2. The van der Waals surface area contributed by atoms with E-state index in [0.29, 0.717) is 0 Å². The summed E-state index contributed by atoms with van der Waals surface area (Å²) in [5.41, 5.74) is -0.735. The number of carbonyl (C=O) groups excluding carboxylic acids is 1. The monoisotopic (exact) mass is 403 g/mol. The van der Waals surface area contributed by atoms with Gasteiger partial charge in [-0.1, -0.05) is 12.1 Å². The minimum Gasteiger partial charge on any atom is -0.503 e. The van der Waals surface area contributed by atoms with Crippen LogP contribution in [-0.4, -0.2) is 17.4 Å². The third kappa shape index (κ3) is 4.05. The van der Waals surface area contributed by atoms with Crippen LogP contribution in [0.2, 0.25) is 0 Å². The number of halogens is 6. The Kier molecular flexibility index (Phi) is 4.74. The van der Waals surface area contributed by atoms with Crippen LogP contribution in [0.15, 0.2) is 60.4 Å². The fourth-order valence-electron chi connectivity index (χ4n) is 2.77. The number of hydrogen-bond acceptors (Lipinski definition) is 3. The summed E-state index contributed by atoms with van der Waals surface area (Å²) in [5.74, 6) is -2.11. The minimum atomic E-state index is -4.92. The van der Waals surface area contributed by atoms with Crippen molar-refractivity contribution in [3.63, 3.8) is 0 Å². The Morgan fingerprint density at radius 2 is 1.61 bits per heavy atom. The van der Waals surface area contributed by atoms with E-state index in [4.69, 9.17) is 0 Å². The van der Waals surface area contributed by atoms with Gasteiger partial charge in [-0.05, 0) is 48.0 Å². The number of alkyl halides is 6. The molecule has 148 valence electrons.